The summed E-state index contributed by atoms with van der Waals surface area (Å²) in [7, 11) is 3.32. The standard InChI is InChI=1S/C10H16F4N4O/c1-15-7(3-8-16-6-17-18(8)2)4-19-5-10(13,14)9(11)12/h6-7,9,15H,3-5H2,1-2H3. The molecule has 0 aliphatic heterocycles. The third-order valence-electron chi connectivity index (χ3n) is 2.58. The summed E-state index contributed by atoms with van der Waals surface area (Å²) < 4.78 is 55.3. The molecule has 0 aliphatic carbocycles. The maximum absolute atomic E-state index is 12.6. The van der Waals surface area contributed by atoms with Crippen LogP contribution in [0.1, 0.15) is 5.82 Å². The second-order valence-corrected chi connectivity index (χ2v) is 4.07. The summed E-state index contributed by atoms with van der Waals surface area (Å²) in [6.45, 7) is -1.42. The number of aromatic nitrogens is 3. The maximum Gasteiger partial charge on any atom is 0.330 e. The van der Waals surface area contributed by atoms with Gasteiger partial charge in [-0.05, 0) is 7.05 Å². The van der Waals surface area contributed by atoms with Crippen LogP contribution in [-0.2, 0) is 18.2 Å². The minimum absolute atomic E-state index is 0.119. The highest BCUT2D eigenvalue weighted by molar-refractivity contribution is 4.88. The SMILES string of the molecule is CNC(COCC(F)(F)C(F)F)Cc1ncnn1C. The van der Waals surface area contributed by atoms with Gasteiger partial charge in [0.2, 0.25) is 0 Å². The zero-order valence-corrected chi connectivity index (χ0v) is 10.6. The van der Waals surface area contributed by atoms with Gasteiger partial charge < -0.3 is 10.1 Å². The molecule has 1 aromatic heterocycles. The largest absolute Gasteiger partial charge is 0.373 e. The van der Waals surface area contributed by atoms with Crippen molar-refractivity contribution in [3.8, 4) is 0 Å². The highest BCUT2D eigenvalue weighted by Gasteiger charge is 2.41. The van der Waals surface area contributed by atoms with Gasteiger partial charge in [-0.3, -0.25) is 4.68 Å². The summed E-state index contributed by atoms with van der Waals surface area (Å²) in [4.78, 5) is 3.98. The third-order valence-corrected chi connectivity index (χ3v) is 2.58. The first kappa shape index (κ1) is 15.8. The van der Waals surface area contributed by atoms with Gasteiger partial charge in [-0.1, -0.05) is 0 Å². The molecule has 9 heteroatoms. The summed E-state index contributed by atoms with van der Waals surface area (Å²) in [6, 6.07) is -0.309. The summed E-state index contributed by atoms with van der Waals surface area (Å²) in [5.41, 5.74) is 0. The summed E-state index contributed by atoms with van der Waals surface area (Å²) in [6.07, 6.45) is -1.96. The van der Waals surface area contributed by atoms with Crippen LogP contribution in [-0.4, -0.2) is 53.4 Å². The normalized spacial score (nSPS) is 14.1. The minimum atomic E-state index is -4.12. The quantitative estimate of drug-likeness (QED) is 0.720. The molecule has 0 aromatic carbocycles. The Bertz CT molecular complexity index is 385. The number of hydrogen-bond donors (Lipinski definition) is 1. The van der Waals surface area contributed by atoms with Crippen molar-refractivity contribution in [1.82, 2.24) is 20.1 Å². The molecule has 5 nitrogen and oxygen atoms in total. The molecular weight excluding hydrogens is 268 g/mol. The maximum atomic E-state index is 12.6. The van der Waals surface area contributed by atoms with E-state index < -0.39 is 19.0 Å². The molecule has 110 valence electrons. The zero-order valence-electron chi connectivity index (χ0n) is 10.6. The lowest BCUT2D eigenvalue weighted by molar-refractivity contribution is -0.166. The van der Waals surface area contributed by atoms with E-state index in [9.17, 15) is 17.6 Å². The van der Waals surface area contributed by atoms with Crippen molar-refractivity contribution in [2.75, 3.05) is 20.3 Å². The van der Waals surface area contributed by atoms with E-state index in [0.29, 0.717) is 12.2 Å². The molecule has 0 saturated heterocycles. The fourth-order valence-electron chi connectivity index (χ4n) is 1.37. The summed E-state index contributed by atoms with van der Waals surface area (Å²) >= 11 is 0. The zero-order chi connectivity index (χ0) is 14.5. The van der Waals surface area contributed by atoms with Gasteiger partial charge >= 0.3 is 12.3 Å². The highest BCUT2D eigenvalue weighted by atomic mass is 19.3. The first-order valence-electron chi connectivity index (χ1n) is 5.60. The first-order chi connectivity index (χ1) is 8.86. The van der Waals surface area contributed by atoms with Crippen LogP contribution in [0.15, 0.2) is 6.33 Å². The second-order valence-electron chi connectivity index (χ2n) is 4.07. The molecule has 0 fully saturated rings. The summed E-state index contributed by atoms with van der Waals surface area (Å²) in [5, 5.41) is 6.71. The Morgan fingerprint density at radius 1 is 1.47 bits per heavy atom. The van der Waals surface area contributed by atoms with Gasteiger partial charge in [0, 0.05) is 19.5 Å². The predicted octanol–water partition coefficient (Wildman–Crippen LogP) is 0.863. The Labute approximate surface area is 108 Å². The van der Waals surface area contributed by atoms with Crippen molar-refractivity contribution >= 4 is 0 Å². The predicted molar refractivity (Wildman–Crippen MR) is 59.3 cm³/mol. The van der Waals surface area contributed by atoms with E-state index in [4.69, 9.17) is 0 Å². The third kappa shape index (κ3) is 4.75. The summed E-state index contributed by atoms with van der Waals surface area (Å²) in [5.74, 6) is -3.48. The van der Waals surface area contributed by atoms with E-state index in [2.05, 4.69) is 20.1 Å². The van der Waals surface area contributed by atoms with E-state index in [1.165, 1.54) is 11.0 Å². The fraction of sp³-hybridized carbons (Fsp3) is 0.800. The van der Waals surface area contributed by atoms with Crippen LogP contribution in [0, 0.1) is 0 Å². The van der Waals surface area contributed by atoms with E-state index in [1.54, 1.807) is 14.1 Å². The van der Waals surface area contributed by atoms with Crippen LogP contribution >= 0.6 is 0 Å². The van der Waals surface area contributed by atoms with E-state index in [1.807, 2.05) is 0 Å². The molecule has 1 heterocycles. The van der Waals surface area contributed by atoms with Crippen LogP contribution in [0.2, 0.25) is 0 Å². The average Bonchev–Trinajstić information content (AvgIpc) is 2.73. The number of alkyl halides is 4. The smallest absolute Gasteiger partial charge is 0.330 e. The fourth-order valence-corrected chi connectivity index (χ4v) is 1.37. The van der Waals surface area contributed by atoms with E-state index in [-0.39, 0.29) is 12.6 Å². The van der Waals surface area contributed by atoms with Crippen LogP contribution in [0.25, 0.3) is 0 Å². The topological polar surface area (TPSA) is 52.0 Å². The molecule has 0 bridgehead atoms. The molecule has 0 aliphatic rings. The molecule has 1 aromatic rings. The molecule has 19 heavy (non-hydrogen) atoms. The molecule has 0 spiro atoms. The Balaban J connectivity index is 2.40. The Kier molecular flexibility index (Phi) is 5.67. The molecule has 0 radical (unpaired) electrons. The first-order valence-corrected chi connectivity index (χ1v) is 5.60. The Morgan fingerprint density at radius 2 is 2.16 bits per heavy atom. The number of aryl methyl sites for hydroxylation is 1. The Morgan fingerprint density at radius 3 is 2.63 bits per heavy atom. The number of likely N-dealkylation sites (N-methyl/N-ethyl adjacent to an activating group) is 1. The van der Waals surface area contributed by atoms with Gasteiger partial charge in [0.25, 0.3) is 0 Å². The molecular formula is C10H16F4N4O. The van der Waals surface area contributed by atoms with Crippen LogP contribution < -0.4 is 5.32 Å². The number of nitrogens with one attached hydrogen (secondary N) is 1. The lowest BCUT2D eigenvalue weighted by atomic mass is 10.2. The van der Waals surface area contributed by atoms with Crippen molar-refractivity contribution < 1.29 is 22.3 Å². The number of hydrogen-bond acceptors (Lipinski definition) is 4. The van der Waals surface area contributed by atoms with Crippen LogP contribution in [0.5, 0.6) is 0 Å². The van der Waals surface area contributed by atoms with Crippen molar-refractivity contribution in [3.05, 3.63) is 12.2 Å². The van der Waals surface area contributed by atoms with Crippen LogP contribution in [0.3, 0.4) is 0 Å². The van der Waals surface area contributed by atoms with Gasteiger partial charge in [-0.25, -0.2) is 13.8 Å². The highest BCUT2D eigenvalue weighted by Crippen LogP contribution is 2.22. The number of halogens is 4. The lowest BCUT2D eigenvalue weighted by Crippen LogP contribution is -2.38. The monoisotopic (exact) mass is 284 g/mol. The van der Waals surface area contributed by atoms with Gasteiger partial charge in [0.1, 0.15) is 18.8 Å². The molecule has 0 saturated carbocycles. The van der Waals surface area contributed by atoms with Crippen molar-refractivity contribution in [1.29, 1.82) is 0 Å². The van der Waals surface area contributed by atoms with Gasteiger partial charge in [0.15, 0.2) is 0 Å². The van der Waals surface area contributed by atoms with Gasteiger partial charge in [-0.15, -0.1) is 0 Å². The number of rotatable bonds is 8. The van der Waals surface area contributed by atoms with Gasteiger partial charge in [-0.2, -0.15) is 13.9 Å². The lowest BCUT2D eigenvalue weighted by Gasteiger charge is -2.19. The molecule has 1 N–H and O–H groups in total. The second kappa shape index (κ2) is 6.80. The average molecular weight is 284 g/mol. The molecule has 1 rings (SSSR count). The van der Waals surface area contributed by atoms with E-state index >= 15 is 0 Å². The molecule has 1 unspecified atom stereocenters. The van der Waals surface area contributed by atoms with E-state index in [0.717, 1.165) is 0 Å². The van der Waals surface area contributed by atoms with Crippen LogP contribution in [0.4, 0.5) is 17.6 Å². The Hall–Kier alpha value is -1.22. The van der Waals surface area contributed by atoms with Crippen molar-refractivity contribution in [3.63, 3.8) is 0 Å². The molecule has 0 amide bonds. The molecule has 1 atom stereocenters. The number of nitrogens with zero attached hydrogens (tertiary/aromatic N) is 3. The van der Waals surface area contributed by atoms with Crippen molar-refractivity contribution in [2.45, 2.75) is 24.8 Å². The number of ether oxygens (including phenoxy) is 1. The minimum Gasteiger partial charge on any atom is -0.373 e. The van der Waals surface area contributed by atoms with Gasteiger partial charge in [0.05, 0.1) is 6.61 Å². The van der Waals surface area contributed by atoms with Crippen molar-refractivity contribution in [2.24, 2.45) is 7.05 Å².